The van der Waals surface area contributed by atoms with Gasteiger partial charge in [-0.1, -0.05) is 192 Å². The van der Waals surface area contributed by atoms with Crippen LogP contribution in [-0.4, -0.2) is 173 Å². The molecule has 14 rings (SSSR count). The molecule has 3 atom stereocenters. The number of hydrogen-bond acceptors (Lipinski definition) is 22. The number of hydrogen-bond donors (Lipinski definition) is 2. The van der Waals surface area contributed by atoms with E-state index in [1.165, 1.54) is 157 Å². The number of nitrogens with zero attached hydrogens (tertiary/aromatic N) is 5. The summed E-state index contributed by atoms with van der Waals surface area (Å²) in [5, 5.41) is 9.30. The summed E-state index contributed by atoms with van der Waals surface area (Å²) >= 11 is 17.7. The summed E-state index contributed by atoms with van der Waals surface area (Å²) in [6.45, 7) is 63.6. The van der Waals surface area contributed by atoms with E-state index >= 15 is 0 Å². The summed E-state index contributed by atoms with van der Waals surface area (Å²) < 4.78 is 64.4. The fourth-order valence-electron chi connectivity index (χ4n) is 14.0. The van der Waals surface area contributed by atoms with Gasteiger partial charge in [-0.15, -0.1) is 69.6 Å². The Bertz CT molecular complexity index is 4410. The summed E-state index contributed by atoms with van der Waals surface area (Å²) in [6.07, 6.45) is 10.0. The molecule has 0 amide bonds. The number of alkyl halides is 1. The van der Waals surface area contributed by atoms with E-state index in [-0.39, 0.29) is 109 Å². The average molecular weight is 2420 g/mol. The van der Waals surface area contributed by atoms with Crippen LogP contribution in [0.3, 0.4) is 0 Å². The molecule has 0 saturated heterocycles. The first-order chi connectivity index (χ1) is 60.5. The minimum Gasteiger partial charge on any atom is -0.313 e. The third-order valence-corrected chi connectivity index (χ3v) is 38.1. The molecule has 3 aromatic heterocycles. The predicted molar refractivity (Wildman–Crippen MR) is 578 cm³/mol. The van der Waals surface area contributed by atoms with Crippen molar-refractivity contribution in [3.05, 3.63) is 167 Å². The van der Waals surface area contributed by atoms with Crippen LogP contribution >= 0.6 is 119 Å². The topological polar surface area (TPSA) is 197 Å². The minimum atomic E-state index is -1.89. The number of halogens is 8. The zero-order valence-corrected chi connectivity index (χ0v) is 95.2. The quantitative estimate of drug-likeness (QED) is 0.0180. The number of Topliss-reactive ketones (excluding diaryl/α,β-unsaturated/α-hetero) is 3. The maximum atomic E-state index is 14.6. The van der Waals surface area contributed by atoms with Crippen molar-refractivity contribution in [3.8, 4) is 15.2 Å². The number of fused-ring (bicyclic) bond motifs is 3. The molecule has 0 bridgehead atoms. The van der Waals surface area contributed by atoms with Gasteiger partial charge in [-0.2, -0.15) is 0 Å². The van der Waals surface area contributed by atoms with Crippen LogP contribution < -0.4 is 37.5 Å². The van der Waals surface area contributed by atoms with Crippen molar-refractivity contribution in [1.29, 1.82) is 0 Å². The van der Waals surface area contributed by atoms with E-state index in [1.54, 1.807) is 59.9 Å². The minimum absolute atomic E-state index is 0. The first-order valence-electron chi connectivity index (χ1n) is 45.5. The standard InChI is InChI=1S/C24H32FNO2SSi.C20H20FNO3S.C13H23NOSSi.C11H10ClFO.C7H9NOS.3C6H15N.C4H6O3.3CH4.I3.HI/c1-24(2,3)30(4,5)28-21-14-17-15-26(13-12-20(17)29-21)22(23(27)16-10-11-16)18-8-6-7-9-19(18)25;1-12(23)25-18-10-14-11-22(9-8-17(14)26-18)19(20(24)13-6-7-13)15-4-2-3-5-16(15)21;1-13(2,3)17(4,5)15-12-8-10-9-14-7-6-11(10)16-12;12-10(11(14)7-5-6-7)8-3-1-2-4-9(8)13;9-7-3-5-4-8-2-1-6(5)10-7;3*1-4-7(5-2)6-3;1-3(5)7-4(2)6;;;;1-3-2;/h6-9,14,16,22H,10-13,15H2,1-5H3;2-5,10,13,19H,6-9,11H2,1H3;8,14H,6-7,9H2,1-5H3;1-4,7,10H,5-6H2;8H,1-4H2;3*4-6H2,1-3H3;1-2H3;3*1H4;;1H/q;;;;;;;;;;;;-1;. The molecule has 748 valence electrons. The first-order valence-corrected chi connectivity index (χ1v) is 67.6. The first kappa shape index (κ1) is 127. The molecule has 3 fully saturated rings. The Morgan fingerprint density at radius 2 is 0.826 bits per heavy atom. The number of carbonyl (C=O) groups excluding carboxylic acids is 7. The monoisotopic (exact) mass is 2420 g/mol. The van der Waals surface area contributed by atoms with Gasteiger partial charge in [0.05, 0.1) is 12.1 Å². The second kappa shape index (κ2) is 63.6. The number of ketones is 3. The Balaban J connectivity index is 0.000000778. The zero-order valence-electron chi connectivity index (χ0n) is 80.3. The van der Waals surface area contributed by atoms with Gasteiger partial charge in [-0.05, 0) is 229 Å². The van der Waals surface area contributed by atoms with Gasteiger partial charge in [0.1, 0.15) is 22.8 Å². The molecule has 0 radical (unpaired) electrons. The van der Waals surface area contributed by atoms with E-state index in [2.05, 4.69) is 219 Å². The normalized spacial score (nSPS) is 16.0. The molecular weight excluding hydrogens is 2260 g/mol. The number of ether oxygens (including phenoxy) is 2. The van der Waals surface area contributed by atoms with Gasteiger partial charge in [0.25, 0.3) is 16.6 Å². The fraction of sp³-hybridized carbons (Fsp3) is 0.610. The number of rotatable bonds is 25. The van der Waals surface area contributed by atoms with Gasteiger partial charge in [-0.3, -0.25) is 43.4 Å². The molecule has 3 aliphatic carbocycles. The fourth-order valence-corrected chi connectivity index (χ4v) is 21.6. The van der Waals surface area contributed by atoms with Gasteiger partial charge < -0.3 is 43.7 Å². The molecule has 2 N–H and O–H groups in total. The number of nitrogens with one attached hydrogen (secondary N) is 2. The van der Waals surface area contributed by atoms with Crippen molar-refractivity contribution in [2.45, 2.75) is 291 Å². The smallest absolute Gasteiger partial charge is 0.197 e. The van der Waals surface area contributed by atoms with E-state index in [0.717, 1.165) is 113 Å². The molecule has 18 nitrogen and oxygen atoms in total. The number of esters is 3. The Labute approximate surface area is 862 Å². The van der Waals surface area contributed by atoms with E-state index in [1.807, 2.05) is 23.5 Å². The van der Waals surface area contributed by atoms with E-state index in [9.17, 15) is 46.7 Å². The molecule has 132 heavy (non-hydrogen) atoms. The molecule has 0 spiro atoms. The number of benzene rings is 3. The Morgan fingerprint density at radius 1 is 0.500 bits per heavy atom. The third kappa shape index (κ3) is 42.8. The van der Waals surface area contributed by atoms with Crippen LogP contribution in [0.25, 0.3) is 0 Å². The van der Waals surface area contributed by atoms with Gasteiger partial charge in [-0.25, -0.2) is 13.2 Å². The summed E-state index contributed by atoms with van der Waals surface area (Å²) in [5.74, 6) is -2.01. The van der Waals surface area contributed by atoms with Crippen molar-refractivity contribution in [1.82, 2.24) is 35.1 Å². The van der Waals surface area contributed by atoms with Crippen molar-refractivity contribution < 1.29 is 78.3 Å². The van der Waals surface area contributed by atoms with Gasteiger partial charge in [0, 0.05) is 122 Å². The largest absolute Gasteiger partial charge is 0.313 e. The van der Waals surface area contributed by atoms with Crippen LogP contribution in [0.1, 0.15) is 264 Å². The molecule has 3 saturated carbocycles. The molecule has 5 aliphatic heterocycles. The molecule has 6 aromatic rings. The van der Waals surface area contributed by atoms with Crippen LogP contribution in [0.4, 0.5) is 13.2 Å². The van der Waals surface area contributed by atoms with Crippen LogP contribution in [0.5, 0.6) is 15.2 Å². The maximum absolute atomic E-state index is 14.6. The van der Waals surface area contributed by atoms with Crippen LogP contribution in [-0.2, 0) is 77.2 Å². The van der Waals surface area contributed by atoms with Gasteiger partial charge >= 0.3 is 68.4 Å². The second-order valence-electron chi connectivity index (χ2n) is 35.6. The summed E-state index contributed by atoms with van der Waals surface area (Å²) in [7, 11) is -3.56. The van der Waals surface area contributed by atoms with Crippen molar-refractivity contribution in [3.63, 3.8) is 0 Å². The second-order valence-corrected chi connectivity index (χ2v) is 66.2. The predicted octanol–water partition coefficient (Wildman–Crippen LogP) is 23.4. The molecule has 3 unspecified atom stereocenters. The molecular formula is C100H158ClF3I4N7O11S4Si2-. The van der Waals surface area contributed by atoms with Crippen molar-refractivity contribution >= 4 is 176 Å². The molecule has 3 aromatic carbocycles. The molecule has 32 heteroatoms. The molecule has 8 heterocycles. The van der Waals surface area contributed by atoms with Crippen LogP contribution in [0, 0.1) is 35.2 Å². The summed E-state index contributed by atoms with van der Waals surface area (Å²) in [6, 6.07) is 24.7. The van der Waals surface area contributed by atoms with Crippen molar-refractivity contribution in [2.75, 3.05) is 91.6 Å². The van der Waals surface area contributed by atoms with E-state index < -0.39 is 51.9 Å². The Hall–Kier alpha value is -3.11. The van der Waals surface area contributed by atoms with Gasteiger partial charge in [0.2, 0.25) is 0 Å². The number of carbonyl (C=O) groups is 7. The van der Waals surface area contributed by atoms with Crippen LogP contribution in [0.2, 0.25) is 36.3 Å². The number of thiophene rings is 3. The maximum Gasteiger partial charge on any atom is 0.197 e. The molecule has 8 aliphatic rings. The third-order valence-electron chi connectivity index (χ3n) is 24.2. The van der Waals surface area contributed by atoms with E-state index in [0.29, 0.717) is 66.2 Å². The van der Waals surface area contributed by atoms with E-state index in [4.69, 9.17) is 25.2 Å². The number of thioether (sulfide) groups is 1. The average Bonchev–Trinajstić information content (AvgIpc) is 1.66. The SMILES string of the molecule is C.C.C.CC(=O)OC(C)=O.CC(=O)Oc1cc2c(s1)CCN(C(C(=O)C1CC1)c1ccccc1F)C2.CC(C)(C)[Si](C)(C)Oc1cc2c(s1)CCN(C(C(=O)C1CC1)c1ccccc1F)C2.CC(C)(C)[Si](C)(C)Oc1cc2c(s1)CCNC2.CCN(CC)CC.CCN(CC)CC.CCN(CC)CC.I.I[I-]I.O=C(C1CC1)C(Cl)c1ccccc1F.O=C1CC2=C(CCNC2)S1. The summed E-state index contributed by atoms with van der Waals surface area (Å²) in [5.41, 5.74) is 6.34. The van der Waals surface area contributed by atoms with Crippen LogP contribution in [0.15, 0.2) is 101 Å². The summed E-state index contributed by atoms with van der Waals surface area (Å²) in [4.78, 5) is 96.1. The Morgan fingerprint density at radius 3 is 1.14 bits per heavy atom. The van der Waals surface area contributed by atoms with Gasteiger partial charge in [0.15, 0.2) is 37.7 Å². The zero-order chi connectivity index (χ0) is 95.4. The Kier molecular flexibility index (Phi) is 61.2. The van der Waals surface area contributed by atoms with Crippen molar-refractivity contribution in [2.24, 2.45) is 17.8 Å².